The summed E-state index contributed by atoms with van der Waals surface area (Å²) in [5.41, 5.74) is 2.98. The van der Waals surface area contributed by atoms with Crippen molar-refractivity contribution in [2.24, 2.45) is 7.05 Å². The maximum atomic E-state index is 12.2. The standard InChI is InChI=1S/C15H14N4O/c1-10-13(9-17-19(10)2)15(20)18-12-7-11-5-3-4-6-14(11)16-8-12/h3-9H,1-2H3,(H,18,20). The van der Waals surface area contributed by atoms with Crippen molar-refractivity contribution in [2.75, 3.05) is 5.32 Å². The van der Waals surface area contributed by atoms with Gasteiger partial charge in [0.25, 0.3) is 5.91 Å². The van der Waals surface area contributed by atoms with Crippen LogP contribution in [-0.2, 0) is 7.05 Å². The number of carbonyl (C=O) groups excluding carboxylic acids is 1. The van der Waals surface area contributed by atoms with Crippen molar-refractivity contribution < 1.29 is 4.79 Å². The second-order valence-electron chi connectivity index (χ2n) is 4.64. The largest absolute Gasteiger partial charge is 0.320 e. The minimum Gasteiger partial charge on any atom is -0.320 e. The number of rotatable bonds is 2. The summed E-state index contributed by atoms with van der Waals surface area (Å²) in [7, 11) is 1.81. The van der Waals surface area contributed by atoms with Crippen LogP contribution < -0.4 is 5.32 Å². The number of nitrogens with one attached hydrogen (secondary N) is 1. The van der Waals surface area contributed by atoms with Gasteiger partial charge in [-0.25, -0.2) is 0 Å². The highest BCUT2D eigenvalue weighted by atomic mass is 16.1. The lowest BCUT2D eigenvalue weighted by atomic mass is 10.2. The first kappa shape index (κ1) is 12.3. The van der Waals surface area contributed by atoms with Crippen molar-refractivity contribution in [2.45, 2.75) is 6.92 Å². The van der Waals surface area contributed by atoms with Gasteiger partial charge >= 0.3 is 0 Å². The predicted octanol–water partition coefficient (Wildman–Crippen LogP) is 2.53. The van der Waals surface area contributed by atoms with Crippen LogP contribution >= 0.6 is 0 Å². The van der Waals surface area contributed by atoms with E-state index >= 15 is 0 Å². The van der Waals surface area contributed by atoms with Crippen LogP contribution in [0.5, 0.6) is 0 Å². The van der Waals surface area contributed by atoms with Gasteiger partial charge < -0.3 is 5.32 Å². The normalized spacial score (nSPS) is 10.7. The van der Waals surface area contributed by atoms with E-state index in [1.807, 2.05) is 44.3 Å². The Hall–Kier alpha value is -2.69. The summed E-state index contributed by atoms with van der Waals surface area (Å²) in [5.74, 6) is -0.173. The monoisotopic (exact) mass is 266 g/mol. The molecule has 0 spiro atoms. The Labute approximate surface area is 116 Å². The van der Waals surface area contributed by atoms with E-state index in [-0.39, 0.29) is 5.91 Å². The Morgan fingerprint density at radius 3 is 2.80 bits per heavy atom. The summed E-state index contributed by atoms with van der Waals surface area (Å²) >= 11 is 0. The number of benzene rings is 1. The number of anilines is 1. The van der Waals surface area contributed by atoms with Gasteiger partial charge in [0.05, 0.1) is 29.2 Å². The van der Waals surface area contributed by atoms with E-state index in [1.165, 1.54) is 0 Å². The number of amides is 1. The molecule has 1 aromatic carbocycles. The second-order valence-corrected chi connectivity index (χ2v) is 4.64. The van der Waals surface area contributed by atoms with E-state index in [0.717, 1.165) is 16.6 Å². The van der Waals surface area contributed by atoms with E-state index in [4.69, 9.17) is 0 Å². The SMILES string of the molecule is Cc1c(C(=O)Nc2cnc3ccccc3c2)cnn1C. The number of hydrogen-bond donors (Lipinski definition) is 1. The highest BCUT2D eigenvalue weighted by Gasteiger charge is 2.13. The van der Waals surface area contributed by atoms with Crippen molar-refractivity contribution >= 4 is 22.5 Å². The minimum atomic E-state index is -0.173. The van der Waals surface area contributed by atoms with Gasteiger partial charge in [-0.15, -0.1) is 0 Å². The summed E-state index contributed by atoms with van der Waals surface area (Å²) in [5, 5.41) is 7.91. The van der Waals surface area contributed by atoms with Crippen molar-refractivity contribution in [1.29, 1.82) is 0 Å². The fraction of sp³-hybridized carbons (Fsp3) is 0.133. The molecule has 0 aliphatic heterocycles. The highest BCUT2D eigenvalue weighted by Crippen LogP contribution is 2.17. The molecule has 3 rings (SSSR count). The zero-order valence-electron chi connectivity index (χ0n) is 11.3. The first-order valence-corrected chi connectivity index (χ1v) is 6.30. The molecule has 0 saturated heterocycles. The summed E-state index contributed by atoms with van der Waals surface area (Å²) in [6, 6.07) is 9.69. The van der Waals surface area contributed by atoms with Crippen LogP contribution in [0.4, 0.5) is 5.69 Å². The topological polar surface area (TPSA) is 59.8 Å². The Kier molecular flexibility index (Phi) is 2.95. The van der Waals surface area contributed by atoms with Crippen molar-refractivity contribution in [3.63, 3.8) is 0 Å². The lowest BCUT2D eigenvalue weighted by molar-refractivity contribution is 0.102. The molecule has 0 atom stereocenters. The maximum Gasteiger partial charge on any atom is 0.259 e. The average Bonchev–Trinajstić information content (AvgIpc) is 2.79. The van der Waals surface area contributed by atoms with Gasteiger partial charge in [0, 0.05) is 18.1 Å². The van der Waals surface area contributed by atoms with Crippen LogP contribution in [0.25, 0.3) is 10.9 Å². The van der Waals surface area contributed by atoms with Gasteiger partial charge in [0.1, 0.15) is 0 Å². The maximum absolute atomic E-state index is 12.2. The Morgan fingerprint density at radius 2 is 2.05 bits per heavy atom. The lowest BCUT2D eigenvalue weighted by Gasteiger charge is -2.05. The number of para-hydroxylation sites is 1. The van der Waals surface area contributed by atoms with E-state index in [0.29, 0.717) is 11.3 Å². The zero-order valence-corrected chi connectivity index (χ0v) is 11.3. The van der Waals surface area contributed by atoms with E-state index in [1.54, 1.807) is 17.1 Å². The van der Waals surface area contributed by atoms with Crippen molar-refractivity contribution in [1.82, 2.24) is 14.8 Å². The molecule has 20 heavy (non-hydrogen) atoms. The van der Waals surface area contributed by atoms with Crippen molar-refractivity contribution in [3.05, 3.63) is 54.0 Å². The summed E-state index contributed by atoms with van der Waals surface area (Å²) in [6.07, 6.45) is 3.23. The molecule has 0 unspecified atom stereocenters. The van der Waals surface area contributed by atoms with Gasteiger partial charge in [-0.05, 0) is 19.1 Å². The molecular formula is C15H14N4O. The molecule has 0 saturated carbocycles. The van der Waals surface area contributed by atoms with Crippen LogP contribution in [0, 0.1) is 6.92 Å². The second kappa shape index (κ2) is 4.77. The fourth-order valence-electron chi connectivity index (χ4n) is 2.06. The molecule has 0 bridgehead atoms. The molecule has 0 fully saturated rings. The number of aromatic nitrogens is 3. The van der Waals surface area contributed by atoms with Gasteiger partial charge in [0.15, 0.2) is 0 Å². The fourth-order valence-corrected chi connectivity index (χ4v) is 2.06. The summed E-state index contributed by atoms with van der Waals surface area (Å²) in [6.45, 7) is 1.86. The molecule has 5 heteroatoms. The number of hydrogen-bond acceptors (Lipinski definition) is 3. The molecule has 0 radical (unpaired) electrons. The first-order chi connectivity index (χ1) is 9.65. The van der Waals surface area contributed by atoms with E-state index < -0.39 is 0 Å². The number of fused-ring (bicyclic) bond motifs is 1. The summed E-state index contributed by atoms with van der Waals surface area (Å²) in [4.78, 5) is 16.5. The third-order valence-electron chi connectivity index (χ3n) is 3.33. The third kappa shape index (κ3) is 2.14. The minimum absolute atomic E-state index is 0.173. The first-order valence-electron chi connectivity index (χ1n) is 6.30. The number of pyridine rings is 1. The molecule has 2 heterocycles. The van der Waals surface area contributed by atoms with Gasteiger partial charge in [-0.1, -0.05) is 18.2 Å². The molecule has 2 aromatic heterocycles. The molecule has 5 nitrogen and oxygen atoms in total. The highest BCUT2D eigenvalue weighted by molar-refractivity contribution is 6.05. The molecule has 0 aliphatic rings. The van der Waals surface area contributed by atoms with Gasteiger partial charge in [-0.3, -0.25) is 14.5 Å². The summed E-state index contributed by atoms with van der Waals surface area (Å²) < 4.78 is 1.67. The predicted molar refractivity (Wildman–Crippen MR) is 77.6 cm³/mol. The molecule has 1 N–H and O–H groups in total. The smallest absolute Gasteiger partial charge is 0.259 e. The van der Waals surface area contributed by atoms with Crippen LogP contribution in [0.1, 0.15) is 16.1 Å². The van der Waals surface area contributed by atoms with E-state index in [2.05, 4.69) is 15.4 Å². The average molecular weight is 266 g/mol. The van der Waals surface area contributed by atoms with E-state index in [9.17, 15) is 4.79 Å². The third-order valence-corrected chi connectivity index (χ3v) is 3.33. The van der Waals surface area contributed by atoms with Gasteiger partial charge in [-0.2, -0.15) is 5.10 Å². The molecule has 1 amide bonds. The molecule has 3 aromatic rings. The Morgan fingerprint density at radius 1 is 1.25 bits per heavy atom. The van der Waals surface area contributed by atoms with Crippen LogP contribution in [-0.4, -0.2) is 20.7 Å². The quantitative estimate of drug-likeness (QED) is 0.775. The molecule has 0 aliphatic carbocycles. The number of carbonyl (C=O) groups is 1. The Balaban J connectivity index is 1.89. The van der Waals surface area contributed by atoms with Gasteiger partial charge in [0.2, 0.25) is 0 Å². The zero-order chi connectivity index (χ0) is 14.1. The van der Waals surface area contributed by atoms with Crippen LogP contribution in [0.15, 0.2) is 42.7 Å². The lowest BCUT2D eigenvalue weighted by Crippen LogP contribution is -2.13. The Bertz CT molecular complexity index is 791. The number of nitrogens with zero attached hydrogens (tertiary/aromatic N) is 3. The van der Waals surface area contributed by atoms with Crippen LogP contribution in [0.3, 0.4) is 0 Å². The van der Waals surface area contributed by atoms with Crippen molar-refractivity contribution in [3.8, 4) is 0 Å². The number of aryl methyl sites for hydroxylation is 1. The molecule has 100 valence electrons. The molecular weight excluding hydrogens is 252 g/mol. The van der Waals surface area contributed by atoms with Crippen LogP contribution in [0.2, 0.25) is 0 Å².